The van der Waals surface area contributed by atoms with Crippen LogP contribution in [0.1, 0.15) is 25.3 Å². The van der Waals surface area contributed by atoms with Crippen LogP contribution in [0.4, 0.5) is 5.82 Å². The SMILES string of the molecule is CCc1c(Cl)ncnc1N1CCN(CC2CC2)CC1. The molecule has 4 nitrogen and oxygen atoms in total. The first-order valence-electron chi connectivity index (χ1n) is 7.24. The maximum absolute atomic E-state index is 6.17. The minimum atomic E-state index is 0.605. The van der Waals surface area contributed by atoms with Gasteiger partial charge in [-0.25, -0.2) is 9.97 Å². The first kappa shape index (κ1) is 13.1. The third kappa shape index (κ3) is 3.00. The van der Waals surface area contributed by atoms with Crippen LogP contribution in [0.15, 0.2) is 6.33 Å². The Balaban J connectivity index is 1.65. The summed E-state index contributed by atoms with van der Waals surface area (Å²) in [6.07, 6.45) is 5.33. The van der Waals surface area contributed by atoms with Gasteiger partial charge in [-0.1, -0.05) is 18.5 Å². The maximum atomic E-state index is 6.17. The topological polar surface area (TPSA) is 32.3 Å². The lowest BCUT2D eigenvalue weighted by molar-refractivity contribution is 0.247. The third-order valence-corrected chi connectivity index (χ3v) is 4.43. The average molecular weight is 281 g/mol. The number of aromatic nitrogens is 2. The van der Waals surface area contributed by atoms with E-state index in [4.69, 9.17) is 11.6 Å². The van der Waals surface area contributed by atoms with Crippen LogP contribution in [-0.4, -0.2) is 47.6 Å². The molecule has 1 saturated carbocycles. The molecular formula is C14H21ClN4. The Morgan fingerprint density at radius 1 is 1.21 bits per heavy atom. The summed E-state index contributed by atoms with van der Waals surface area (Å²) in [6.45, 7) is 7.78. The summed E-state index contributed by atoms with van der Waals surface area (Å²) in [5.41, 5.74) is 1.08. The van der Waals surface area contributed by atoms with E-state index in [1.54, 1.807) is 6.33 Å². The molecule has 2 aliphatic rings. The fourth-order valence-electron chi connectivity index (χ4n) is 2.77. The average Bonchev–Trinajstić information content (AvgIpc) is 3.23. The van der Waals surface area contributed by atoms with Crippen molar-refractivity contribution in [3.8, 4) is 0 Å². The smallest absolute Gasteiger partial charge is 0.137 e. The molecule has 3 rings (SSSR count). The summed E-state index contributed by atoms with van der Waals surface area (Å²) in [5, 5.41) is 0.605. The summed E-state index contributed by atoms with van der Waals surface area (Å²) in [7, 11) is 0. The monoisotopic (exact) mass is 280 g/mol. The number of anilines is 1. The molecule has 2 fully saturated rings. The van der Waals surface area contributed by atoms with Crippen molar-refractivity contribution < 1.29 is 0 Å². The molecule has 1 aromatic rings. The lowest BCUT2D eigenvalue weighted by Crippen LogP contribution is -2.47. The summed E-state index contributed by atoms with van der Waals surface area (Å²) < 4.78 is 0. The number of rotatable bonds is 4. The van der Waals surface area contributed by atoms with Crippen molar-refractivity contribution in [2.24, 2.45) is 5.92 Å². The molecule has 0 radical (unpaired) electrons. The van der Waals surface area contributed by atoms with Crippen LogP contribution in [-0.2, 0) is 6.42 Å². The second-order valence-corrected chi connectivity index (χ2v) is 5.91. The lowest BCUT2D eigenvalue weighted by Gasteiger charge is -2.36. The van der Waals surface area contributed by atoms with E-state index in [1.807, 2.05) is 0 Å². The maximum Gasteiger partial charge on any atom is 0.137 e. The van der Waals surface area contributed by atoms with Gasteiger partial charge in [0.05, 0.1) is 0 Å². The number of hydrogen-bond donors (Lipinski definition) is 0. The number of piperazine rings is 1. The standard InChI is InChI=1S/C14H21ClN4/c1-2-12-13(15)16-10-17-14(12)19-7-5-18(6-8-19)9-11-3-4-11/h10-11H,2-9H2,1H3. The molecular weight excluding hydrogens is 260 g/mol. The molecule has 5 heteroatoms. The van der Waals surface area contributed by atoms with Gasteiger partial charge in [0.1, 0.15) is 17.3 Å². The van der Waals surface area contributed by atoms with Crippen LogP contribution in [0.25, 0.3) is 0 Å². The Kier molecular flexibility index (Phi) is 3.89. The van der Waals surface area contributed by atoms with E-state index in [0.717, 1.165) is 49.9 Å². The van der Waals surface area contributed by atoms with E-state index >= 15 is 0 Å². The van der Waals surface area contributed by atoms with Gasteiger partial charge in [-0.3, -0.25) is 4.90 Å². The van der Waals surface area contributed by atoms with Crippen molar-refractivity contribution in [3.05, 3.63) is 17.0 Å². The number of halogens is 1. The van der Waals surface area contributed by atoms with Gasteiger partial charge in [0.2, 0.25) is 0 Å². The molecule has 0 aromatic carbocycles. The molecule has 0 amide bonds. The molecule has 1 aromatic heterocycles. The van der Waals surface area contributed by atoms with Crippen LogP contribution in [0.3, 0.4) is 0 Å². The van der Waals surface area contributed by atoms with Gasteiger partial charge in [-0.15, -0.1) is 0 Å². The molecule has 0 unspecified atom stereocenters. The third-order valence-electron chi connectivity index (χ3n) is 4.11. The zero-order valence-corrected chi connectivity index (χ0v) is 12.2. The molecule has 2 heterocycles. The molecule has 0 spiro atoms. The van der Waals surface area contributed by atoms with Gasteiger partial charge in [0.15, 0.2) is 0 Å². The highest BCUT2D eigenvalue weighted by atomic mass is 35.5. The van der Waals surface area contributed by atoms with E-state index in [2.05, 4.69) is 26.7 Å². The Morgan fingerprint density at radius 2 is 1.95 bits per heavy atom. The second-order valence-electron chi connectivity index (χ2n) is 5.55. The van der Waals surface area contributed by atoms with Gasteiger partial charge in [0, 0.05) is 38.3 Å². The molecule has 1 saturated heterocycles. The van der Waals surface area contributed by atoms with Gasteiger partial charge >= 0.3 is 0 Å². The van der Waals surface area contributed by atoms with Crippen LogP contribution in [0.5, 0.6) is 0 Å². The van der Waals surface area contributed by atoms with E-state index in [9.17, 15) is 0 Å². The quantitative estimate of drug-likeness (QED) is 0.792. The minimum Gasteiger partial charge on any atom is -0.354 e. The fourth-order valence-corrected chi connectivity index (χ4v) is 3.03. The molecule has 0 atom stereocenters. The van der Waals surface area contributed by atoms with Crippen LogP contribution < -0.4 is 4.90 Å². The van der Waals surface area contributed by atoms with E-state index in [-0.39, 0.29) is 0 Å². The highest BCUT2D eigenvalue weighted by Crippen LogP contribution is 2.30. The van der Waals surface area contributed by atoms with Crippen molar-refractivity contribution >= 4 is 17.4 Å². The van der Waals surface area contributed by atoms with Crippen molar-refractivity contribution in [2.75, 3.05) is 37.6 Å². The normalized spacial score (nSPS) is 20.8. The molecule has 1 aliphatic carbocycles. The molecule has 104 valence electrons. The first-order valence-corrected chi connectivity index (χ1v) is 7.62. The van der Waals surface area contributed by atoms with Gasteiger partial charge in [0.25, 0.3) is 0 Å². The predicted molar refractivity (Wildman–Crippen MR) is 77.8 cm³/mol. The summed E-state index contributed by atoms with van der Waals surface area (Å²) in [5.74, 6) is 2.01. The van der Waals surface area contributed by atoms with Crippen molar-refractivity contribution in [1.29, 1.82) is 0 Å². The van der Waals surface area contributed by atoms with Crippen molar-refractivity contribution in [1.82, 2.24) is 14.9 Å². The van der Waals surface area contributed by atoms with E-state index in [0.29, 0.717) is 5.15 Å². The first-order chi connectivity index (χ1) is 9.28. The van der Waals surface area contributed by atoms with Gasteiger partial charge in [-0.05, 0) is 25.2 Å². The van der Waals surface area contributed by atoms with Crippen LogP contribution in [0.2, 0.25) is 5.15 Å². The Labute approximate surface area is 119 Å². The summed E-state index contributed by atoms with van der Waals surface area (Å²) >= 11 is 6.17. The summed E-state index contributed by atoms with van der Waals surface area (Å²) in [6, 6.07) is 0. The van der Waals surface area contributed by atoms with Gasteiger partial charge < -0.3 is 4.90 Å². The van der Waals surface area contributed by atoms with Crippen molar-refractivity contribution in [3.63, 3.8) is 0 Å². The lowest BCUT2D eigenvalue weighted by atomic mass is 10.2. The largest absolute Gasteiger partial charge is 0.354 e. The zero-order valence-electron chi connectivity index (χ0n) is 11.5. The second kappa shape index (κ2) is 5.63. The molecule has 0 bridgehead atoms. The predicted octanol–water partition coefficient (Wildman–Crippen LogP) is 2.22. The zero-order chi connectivity index (χ0) is 13.2. The molecule has 19 heavy (non-hydrogen) atoms. The van der Waals surface area contributed by atoms with E-state index in [1.165, 1.54) is 19.4 Å². The minimum absolute atomic E-state index is 0.605. The van der Waals surface area contributed by atoms with Crippen LogP contribution in [0, 0.1) is 5.92 Å². The highest BCUT2D eigenvalue weighted by molar-refractivity contribution is 6.30. The number of nitrogens with zero attached hydrogens (tertiary/aromatic N) is 4. The number of hydrogen-bond acceptors (Lipinski definition) is 4. The van der Waals surface area contributed by atoms with Gasteiger partial charge in [-0.2, -0.15) is 0 Å². The van der Waals surface area contributed by atoms with Crippen LogP contribution >= 0.6 is 11.6 Å². The van der Waals surface area contributed by atoms with Crippen molar-refractivity contribution in [2.45, 2.75) is 26.2 Å². The Bertz CT molecular complexity index is 439. The molecule has 1 aliphatic heterocycles. The Morgan fingerprint density at radius 3 is 2.58 bits per heavy atom. The summed E-state index contributed by atoms with van der Waals surface area (Å²) in [4.78, 5) is 13.5. The Hall–Kier alpha value is -0.870. The highest BCUT2D eigenvalue weighted by Gasteiger charge is 2.27. The van der Waals surface area contributed by atoms with E-state index < -0.39 is 0 Å². The fraction of sp³-hybridized carbons (Fsp3) is 0.714. The molecule has 0 N–H and O–H groups in total.